The van der Waals surface area contributed by atoms with Gasteiger partial charge in [-0.25, -0.2) is 14.8 Å². The first kappa shape index (κ1) is 14.2. The van der Waals surface area contributed by atoms with Gasteiger partial charge in [0.25, 0.3) is 0 Å². The predicted molar refractivity (Wildman–Crippen MR) is 64.5 cm³/mol. The Labute approximate surface area is 105 Å². The lowest BCUT2D eigenvalue weighted by atomic mass is 10.1. The third kappa shape index (κ3) is 4.17. The number of nitrogens with zero attached hydrogens (tertiary/aromatic N) is 2. The summed E-state index contributed by atoms with van der Waals surface area (Å²) in [4.78, 5) is 18.5. The van der Waals surface area contributed by atoms with E-state index in [1.165, 1.54) is 19.3 Å². The molecule has 0 fully saturated rings. The second kappa shape index (κ2) is 5.63. The molecule has 0 aliphatic heterocycles. The quantitative estimate of drug-likeness (QED) is 0.680. The van der Waals surface area contributed by atoms with Crippen molar-refractivity contribution in [2.75, 3.05) is 11.9 Å². The maximum atomic E-state index is 10.7. The average Bonchev–Trinajstić information content (AvgIpc) is 2.26. The fourth-order valence-corrected chi connectivity index (χ4v) is 1.08. The monoisotopic (exact) mass is 255 g/mol. The molecule has 18 heavy (non-hydrogen) atoms. The molecule has 0 spiro atoms. The van der Waals surface area contributed by atoms with Gasteiger partial charge in [-0.1, -0.05) is 0 Å². The van der Waals surface area contributed by atoms with Gasteiger partial charge in [0.15, 0.2) is 5.60 Å². The molecular formula is C11H17N3O4. The first-order valence-electron chi connectivity index (χ1n) is 5.49. The van der Waals surface area contributed by atoms with E-state index in [1.54, 1.807) is 0 Å². The van der Waals surface area contributed by atoms with E-state index >= 15 is 0 Å². The summed E-state index contributed by atoms with van der Waals surface area (Å²) < 4.78 is 5.36. The number of carboxylic acid groups (broad SMARTS) is 1. The van der Waals surface area contributed by atoms with Crippen LogP contribution in [0.3, 0.4) is 0 Å². The van der Waals surface area contributed by atoms with E-state index in [2.05, 4.69) is 15.3 Å². The first-order chi connectivity index (χ1) is 8.31. The van der Waals surface area contributed by atoms with Crippen LogP contribution >= 0.6 is 0 Å². The molecule has 7 heteroatoms. The van der Waals surface area contributed by atoms with Gasteiger partial charge in [0, 0.05) is 6.07 Å². The lowest BCUT2D eigenvalue weighted by Gasteiger charge is -2.18. The molecule has 0 aliphatic carbocycles. The normalized spacial score (nSPS) is 14.1. The maximum absolute atomic E-state index is 10.7. The Morgan fingerprint density at radius 1 is 1.56 bits per heavy atom. The van der Waals surface area contributed by atoms with E-state index in [9.17, 15) is 9.90 Å². The number of rotatable bonds is 6. The summed E-state index contributed by atoms with van der Waals surface area (Å²) >= 11 is 0. The number of nitrogens with one attached hydrogen (secondary N) is 1. The van der Waals surface area contributed by atoms with Crippen LogP contribution in [-0.2, 0) is 4.79 Å². The van der Waals surface area contributed by atoms with Gasteiger partial charge in [-0.2, -0.15) is 0 Å². The Kier molecular flexibility index (Phi) is 4.43. The molecule has 7 nitrogen and oxygen atoms in total. The molecule has 1 unspecified atom stereocenters. The van der Waals surface area contributed by atoms with Crippen LogP contribution in [0, 0.1) is 0 Å². The van der Waals surface area contributed by atoms with Gasteiger partial charge in [0.2, 0.25) is 5.88 Å². The number of anilines is 1. The summed E-state index contributed by atoms with van der Waals surface area (Å²) in [7, 11) is 0. The van der Waals surface area contributed by atoms with Crippen LogP contribution in [0.2, 0.25) is 0 Å². The molecule has 0 aromatic carbocycles. The van der Waals surface area contributed by atoms with Crippen molar-refractivity contribution in [3.05, 3.63) is 12.4 Å². The molecule has 1 aromatic rings. The van der Waals surface area contributed by atoms with Gasteiger partial charge in [-0.15, -0.1) is 0 Å². The summed E-state index contributed by atoms with van der Waals surface area (Å²) in [6.45, 7) is 4.77. The lowest BCUT2D eigenvalue weighted by molar-refractivity contribution is -0.155. The van der Waals surface area contributed by atoms with Crippen LogP contribution < -0.4 is 10.1 Å². The largest absolute Gasteiger partial charge is 0.479 e. The SMILES string of the molecule is CC(C)Oc1cc(NCC(C)(O)C(=O)O)ncn1. The highest BCUT2D eigenvalue weighted by atomic mass is 16.5. The zero-order valence-corrected chi connectivity index (χ0v) is 10.5. The summed E-state index contributed by atoms with van der Waals surface area (Å²) in [5.74, 6) is -0.526. The van der Waals surface area contributed by atoms with Crippen LogP contribution in [-0.4, -0.2) is 44.4 Å². The minimum absolute atomic E-state index is 0.0186. The predicted octanol–water partition coefficient (Wildman–Crippen LogP) is 0.511. The first-order valence-corrected chi connectivity index (χ1v) is 5.49. The molecule has 0 saturated heterocycles. The molecule has 100 valence electrons. The fourth-order valence-electron chi connectivity index (χ4n) is 1.08. The molecule has 1 atom stereocenters. The van der Waals surface area contributed by atoms with E-state index in [0.717, 1.165) is 0 Å². The molecule has 1 heterocycles. The molecule has 0 amide bonds. The Balaban J connectivity index is 2.65. The minimum Gasteiger partial charge on any atom is -0.479 e. The van der Waals surface area contributed by atoms with Gasteiger partial charge in [-0.05, 0) is 20.8 Å². The highest BCUT2D eigenvalue weighted by Gasteiger charge is 2.29. The van der Waals surface area contributed by atoms with E-state index in [0.29, 0.717) is 11.7 Å². The van der Waals surface area contributed by atoms with Crippen molar-refractivity contribution in [1.29, 1.82) is 0 Å². The zero-order chi connectivity index (χ0) is 13.8. The number of carboxylic acids is 1. The van der Waals surface area contributed by atoms with Crippen molar-refractivity contribution in [2.45, 2.75) is 32.5 Å². The Morgan fingerprint density at radius 3 is 2.78 bits per heavy atom. The zero-order valence-electron chi connectivity index (χ0n) is 10.5. The van der Waals surface area contributed by atoms with Crippen molar-refractivity contribution in [3.63, 3.8) is 0 Å². The topological polar surface area (TPSA) is 105 Å². The number of aliphatic hydroxyl groups is 1. The standard InChI is InChI=1S/C11H17N3O4/c1-7(2)18-9-4-8(13-6-14-9)12-5-11(3,17)10(15)16/h4,6-7,17H,5H2,1-3H3,(H,15,16)(H,12,13,14). The third-order valence-electron chi connectivity index (χ3n) is 2.07. The number of aliphatic carboxylic acids is 1. The Bertz CT molecular complexity index is 421. The van der Waals surface area contributed by atoms with E-state index in [1.807, 2.05) is 13.8 Å². The molecule has 1 aromatic heterocycles. The van der Waals surface area contributed by atoms with Crippen LogP contribution in [0.15, 0.2) is 12.4 Å². The summed E-state index contributed by atoms with van der Waals surface area (Å²) in [6, 6.07) is 1.54. The Morgan fingerprint density at radius 2 is 2.22 bits per heavy atom. The fraction of sp³-hybridized carbons (Fsp3) is 0.545. The number of aromatic nitrogens is 2. The van der Waals surface area contributed by atoms with Crippen LogP contribution in [0.4, 0.5) is 5.82 Å². The second-order valence-electron chi connectivity index (χ2n) is 4.34. The van der Waals surface area contributed by atoms with Crippen LogP contribution in [0.1, 0.15) is 20.8 Å². The number of ether oxygens (including phenoxy) is 1. The molecule has 0 aliphatic rings. The maximum Gasteiger partial charge on any atom is 0.337 e. The summed E-state index contributed by atoms with van der Waals surface area (Å²) in [5, 5.41) is 21.0. The van der Waals surface area contributed by atoms with E-state index in [-0.39, 0.29) is 12.6 Å². The second-order valence-corrected chi connectivity index (χ2v) is 4.34. The summed E-state index contributed by atoms with van der Waals surface area (Å²) in [6.07, 6.45) is 1.28. The van der Waals surface area contributed by atoms with Gasteiger partial charge < -0.3 is 20.3 Å². The van der Waals surface area contributed by atoms with Crippen LogP contribution in [0.5, 0.6) is 5.88 Å². The lowest BCUT2D eigenvalue weighted by Crippen LogP contribution is -2.41. The summed E-state index contributed by atoms with van der Waals surface area (Å²) in [5.41, 5.74) is -1.86. The number of carbonyl (C=O) groups is 1. The van der Waals surface area contributed by atoms with Crippen molar-refractivity contribution in [2.24, 2.45) is 0 Å². The van der Waals surface area contributed by atoms with Crippen molar-refractivity contribution < 1.29 is 19.7 Å². The average molecular weight is 255 g/mol. The highest BCUT2D eigenvalue weighted by molar-refractivity contribution is 5.77. The number of hydrogen-bond acceptors (Lipinski definition) is 6. The van der Waals surface area contributed by atoms with Gasteiger partial charge in [0.1, 0.15) is 12.1 Å². The molecule has 0 radical (unpaired) electrons. The van der Waals surface area contributed by atoms with Crippen molar-refractivity contribution >= 4 is 11.8 Å². The smallest absolute Gasteiger partial charge is 0.337 e. The van der Waals surface area contributed by atoms with Gasteiger partial charge >= 0.3 is 5.97 Å². The molecule has 1 rings (SSSR count). The van der Waals surface area contributed by atoms with E-state index in [4.69, 9.17) is 9.84 Å². The third-order valence-corrected chi connectivity index (χ3v) is 2.07. The van der Waals surface area contributed by atoms with Gasteiger partial charge in [0.05, 0.1) is 12.6 Å². The van der Waals surface area contributed by atoms with Crippen molar-refractivity contribution in [1.82, 2.24) is 9.97 Å². The van der Waals surface area contributed by atoms with Gasteiger partial charge in [-0.3, -0.25) is 0 Å². The number of hydrogen-bond donors (Lipinski definition) is 3. The minimum atomic E-state index is -1.86. The molecule has 3 N–H and O–H groups in total. The van der Waals surface area contributed by atoms with Crippen LogP contribution in [0.25, 0.3) is 0 Å². The van der Waals surface area contributed by atoms with Crippen molar-refractivity contribution in [3.8, 4) is 5.88 Å². The van der Waals surface area contributed by atoms with E-state index < -0.39 is 11.6 Å². The highest BCUT2D eigenvalue weighted by Crippen LogP contribution is 2.13. The molecule has 0 saturated carbocycles. The molecular weight excluding hydrogens is 238 g/mol. The molecule has 0 bridgehead atoms. The Hall–Kier alpha value is -1.89.